The third-order valence-corrected chi connectivity index (χ3v) is 12.3. The number of hydrogen-bond donors (Lipinski definition) is 0. The summed E-state index contributed by atoms with van der Waals surface area (Å²) in [5, 5.41) is 0. The molecule has 0 aromatic heterocycles. The lowest BCUT2D eigenvalue weighted by atomic mass is 10.0. The molecule has 0 heterocycles. The summed E-state index contributed by atoms with van der Waals surface area (Å²) in [6.07, 6.45) is 0. The predicted octanol–water partition coefficient (Wildman–Crippen LogP) is 10.0. The maximum Gasteiger partial charge on any atom is 0.966 e. The highest BCUT2D eigenvalue weighted by Gasteiger charge is 2.60. The number of hydrogen-bond acceptors (Lipinski definition) is 12. The van der Waals surface area contributed by atoms with Gasteiger partial charge in [0.05, 0.1) is 22.3 Å². The van der Waals surface area contributed by atoms with E-state index in [0.29, 0.717) is 0 Å². The Labute approximate surface area is 395 Å². The molecule has 0 atom stereocenters. The highest BCUT2D eigenvalue weighted by Crippen LogP contribution is 2.34. The molecule has 0 bridgehead atoms. The van der Waals surface area contributed by atoms with Crippen LogP contribution in [0.5, 0.6) is 23.0 Å². The van der Waals surface area contributed by atoms with Crippen LogP contribution in [0.4, 0.5) is 0 Å². The van der Waals surface area contributed by atoms with Crippen molar-refractivity contribution in [2.24, 2.45) is 0 Å². The van der Waals surface area contributed by atoms with Crippen molar-refractivity contribution >= 4 is 55.3 Å². The van der Waals surface area contributed by atoms with Crippen molar-refractivity contribution in [1.82, 2.24) is 0 Å². The molecule has 0 aliphatic rings. The summed E-state index contributed by atoms with van der Waals surface area (Å²) in [4.78, 5) is 112. The molecular weight excluding hydrogens is 893 g/mol. The van der Waals surface area contributed by atoms with E-state index in [2.05, 4.69) is 0 Å². The number of carbonyl (C=O) groups is 8. The molecule has 0 unspecified atom stereocenters. The molecular formula is C56H36O12Si. The summed E-state index contributed by atoms with van der Waals surface area (Å²) in [6, 6.07) is 53.3. The molecule has 336 valence electrons. The highest BCUT2D eigenvalue weighted by atomic mass is 28.4. The lowest BCUT2D eigenvalue weighted by molar-refractivity contribution is 0.0806. The van der Waals surface area contributed by atoms with Crippen molar-refractivity contribution in [3.8, 4) is 23.0 Å². The van der Waals surface area contributed by atoms with Crippen molar-refractivity contribution in [3.63, 3.8) is 0 Å². The Hall–Kier alpha value is -9.46. The molecule has 8 aromatic rings. The van der Waals surface area contributed by atoms with Crippen molar-refractivity contribution in [2.45, 2.75) is 0 Å². The summed E-state index contributed by atoms with van der Waals surface area (Å²) in [5.74, 6) is -9.24. The van der Waals surface area contributed by atoms with Crippen molar-refractivity contribution in [1.29, 1.82) is 0 Å². The van der Waals surface area contributed by atoms with Crippen LogP contribution in [0.2, 0.25) is 0 Å². The van der Waals surface area contributed by atoms with E-state index in [1.54, 1.807) is 72.8 Å². The minimum Gasteiger partial charge on any atom is -0.451 e. The summed E-state index contributed by atoms with van der Waals surface area (Å²) in [7, 11) is -5.58. The van der Waals surface area contributed by atoms with E-state index in [9.17, 15) is 38.4 Å². The molecule has 13 heteroatoms. The predicted molar refractivity (Wildman–Crippen MR) is 254 cm³/mol. The zero-order chi connectivity index (χ0) is 48.3. The van der Waals surface area contributed by atoms with Crippen molar-refractivity contribution in [2.75, 3.05) is 0 Å². The van der Waals surface area contributed by atoms with E-state index in [4.69, 9.17) is 17.7 Å². The summed E-state index contributed by atoms with van der Waals surface area (Å²) < 4.78 is 26.8. The molecule has 0 saturated carbocycles. The Morgan fingerprint density at radius 2 is 0.391 bits per heavy atom. The van der Waals surface area contributed by atoms with Gasteiger partial charge in [-0.2, -0.15) is 0 Å². The molecule has 0 aliphatic heterocycles. The van der Waals surface area contributed by atoms with Gasteiger partial charge in [0.2, 0.25) is 46.3 Å². The van der Waals surface area contributed by atoms with Gasteiger partial charge in [-0.05, 0) is 48.5 Å². The van der Waals surface area contributed by atoms with Crippen molar-refractivity contribution in [3.05, 3.63) is 263 Å². The van der Waals surface area contributed by atoms with Crippen LogP contribution in [-0.2, 0) is 0 Å². The Kier molecular flexibility index (Phi) is 13.9. The molecule has 0 spiro atoms. The zero-order valence-electron chi connectivity index (χ0n) is 36.2. The Bertz CT molecular complexity index is 2820. The van der Waals surface area contributed by atoms with Gasteiger partial charge < -0.3 is 17.7 Å². The van der Waals surface area contributed by atoms with E-state index in [1.165, 1.54) is 146 Å². The van der Waals surface area contributed by atoms with E-state index >= 15 is 0 Å². The van der Waals surface area contributed by atoms with E-state index in [1.807, 2.05) is 0 Å². The summed E-state index contributed by atoms with van der Waals surface area (Å²) in [6.45, 7) is 0. The standard InChI is InChI=1S/C56H36O12Si/c57-49(37-21-5-1-6-22-37)53(61)41-29-13-17-33-45(41)65-69(66-46-34-18-14-30-42(46)54(62)50(58)38-23-7-2-8-24-38,67-47-35-19-15-31-43(47)55(63)51(59)39-25-9-3-10-26-39)68-48-36-20-16-32-44(48)56(64)52(60)40-27-11-4-12-28-40/h1-36H. The molecule has 0 fully saturated rings. The van der Waals surface area contributed by atoms with E-state index in [-0.39, 0.29) is 67.5 Å². The molecule has 8 aromatic carbocycles. The maximum atomic E-state index is 14.2. The zero-order valence-corrected chi connectivity index (χ0v) is 37.2. The number of rotatable bonds is 20. The molecule has 69 heavy (non-hydrogen) atoms. The SMILES string of the molecule is O=C(C(=O)c1ccccc1O[Si](Oc1ccccc1C(=O)C(=O)c1ccccc1)(Oc1ccccc1C(=O)C(=O)c1ccccc1)Oc1ccccc1C(=O)C(=O)c1ccccc1)c1ccccc1. The minimum absolute atomic E-state index is 0.0612. The summed E-state index contributed by atoms with van der Waals surface area (Å²) >= 11 is 0. The van der Waals surface area contributed by atoms with Crippen LogP contribution in [0.15, 0.2) is 218 Å². The van der Waals surface area contributed by atoms with Gasteiger partial charge in [0.25, 0.3) is 0 Å². The smallest absolute Gasteiger partial charge is 0.451 e. The van der Waals surface area contributed by atoms with Gasteiger partial charge in [-0.25, -0.2) is 0 Å². The second-order valence-electron chi connectivity index (χ2n) is 15.0. The van der Waals surface area contributed by atoms with Gasteiger partial charge >= 0.3 is 9.05 Å². The fourth-order valence-electron chi connectivity index (χ4n) is 7.01. The van der Waals surface area contributed by atoms with Gasteiger partial charge in [-0.3, -0.25) is 38.4 Å². The first-order valence-electron chi connectivity index (χ1n) is 21.2. The second kappa shape index (κ2) is 20.8. The number of benzene rings is 8. The van der Waals surface area contributed by atoms with Crippen LogP contribution in [0.3, 0.4) is 0 Å². The fourth-order valence-corrected chi connectivity index (χ4v) is 9.05. The number of para-hydroxylation sites is 4. The molecule has 0 amide bonds. The lowest BCUT2D eigenvalue weighted by Crippen LogP contribution is -2.61. The number of carbonyl (C=O) groups excluding carboxylic acids is 8. The second-order valence-corrected chi connectivity index (χ2v) is 16.8. The Morgan fingerprint density at radius 3 is 0.594 bits per heavy atom. The first-order chi connectivity index (χ1) is 33.5. The largest absolute Gasteiger partial charge is 0.966 e. The average molecular weight is 929 g/mol. The molecule has 0 radical (unpaired) electrons. The topological polar surface area (TPSA) is 173 Å². The minimum atomic E-state index is -5.58. The first-order valence-corrected chi connectivity index (χ1v) is 22.9. The average Bonchev–Trinajstić information content (AvgIpc) is 3.40. The van der Waals surface area contributed by atoms with Crippen LogP contribution < -0.4 is 17.7 Å². The molecule has 8 rings (SSSR count). The van der Waals surface area contributed by atoms with E-state index < -0.39 is 55.3 Å². The summed E-state index contributed by atoms with van der Waals surface area (Å²) in [5.41, 5.74) is -0.996. The van der Waals surface area contributed by atoms with Crippen LogP contribution >= 0.6 is 0 Å². The van der Waals surface area contributed by atoms with Gasteiger partial charge in [-0.1, -0.05) is 170 Å². The normalized spacial score (nSPS) is 10.8. The quantitative estimate of drug-likeness (QED) is 0.0403. The highest BCUT2D eigenvalue weighted by molar-refractivity contribution is 6.59. The molecule has 0 saturated heterocycles. The van der Waals surface area contributed by atoms with Crippen LogP contribution in [0.25, 0.3) is 0 Å². The Balaban J connectivity index is 1.34. The fraction of sp³-hybridized carbons (Fsp3) is 0. The van der Waals surface area contributed by atoms with Gasteiger partial charge in [-0.15, -0.1) is 0 Å². The Morgan fingerprint density at radius 1 is 0.217 bits per heavy atom. The molecule has 0 N–H and O–H groups in total. The maximum absolute atomic E-state index is 14.2. The number of Topliss-reactive ketones (excluding diaryl/α,β-unsaturated/α-hetero) is 8. The van der Waals surface area contributed by atoms with Crippen LogP contribution in [0, 0.1) is 0 Å². The van der Waals surface area contributed by atoms with Crippen molar-refractivity contribution < 1.29 is 56.1 Å². The third-order valence-electron chi connectivity index (χ3n) is 10.4. The monoisotopic (exact) mass is 928 g/mol. The van der Waals surface area contributed by atoms with Crippen LogP contribution in [-0.4, -0.2) is 55.3 Å². The first kappa shape index (κ1) is 46.1. The van der Waals surface area contributed by atoms with Gasteiger partial charge in [0.15, 0.2) is 0 Å². The molecule has 12 nitrogen and oxygen atoms in total. The molecule has 0 aliphatic carbocycles. The number of ketones is 8. The lowest BCUT2D eigenvalue weighted by Gasteiger charge is -2.30. The van der Waals surface area contributed by atoms with Gasteiger partial charge in [0.1, 0.15) is 23.0 Å². The van der Waals surface area contributed by atoms with E-state index in [0.717, 1.165) is 0 Å². The third kappa shape index (κ3) is 10.3. The van der Waals surface area contributed by atoms with Gasteiger partial charge in [0, 0.05) is 22.3 Å². The van der Waals surface area contributed by atoms with Crippen LogP contribution in [0.1, 0.15) is 82.9 Å².